The Labute approximate surface area is 108 Å². The van der Waals surface area contributed by atoms with E-state index in [0.717, 1.165) is 5.56 Å². The van der Waals surface area contributed by atoms with Crippen molar-refractivity contribution in [3.63, 3.8) is 0 Å². The zero-order valence-corrected chi connectivity index (χ0v) is 11.1. The first-order valence-corrected chi connectivity index (χ1v) is 8.02. The van der Waals surface area contributed by atoms with Crippen LogP contribution in [0, 0.1) is 0 Å². The van der Waals surface area contributed by atoms with Crippen molar-refractivity contribution in [2.24, 2.45) is 0 Å². The number of sulfone groups is 1. The summed E-state index contributed by atoms with van der Waals surface area (Å²) in [5.74, 6) is 0.451. The van der Waals surface area contributed by atoms with Gasteiger partial charge in [-0.2, -0.15) is 0 Å². The number of hydrogen-bond acceptors (Lipinski definition) is 4. The molecule has 0 saturated carbocycles. The second kappa shape index (κ2) is 5.82. The van der Waals surface area contributed by atoms with E-state index in [4.69, 9.17) is 0 Å². The summed E-state index contributed by atoms with van der Waals surface area (Å²) < 4.78 is 22.7. The SMILES string of the molecule is O=S1(=O)CCC(N[C@H](CO)Cc2ccccc2)C1. The molecule has 1 aliphatic rings. The molecule has 0 spiro atoms. The lowest BCUT2D eigenvalue weighted by Gasteiger charge is -2.20. The van der Waals surface area contributed by atoms with Gasteiger partial charge >= 0.3 is 0 Å². The van der Waals surface area contributed by atoms with Gasteiger partial charge in [-0.1, -0.05) is 30.3 Å². The van der Waals surface area contributed by atoms with Gasteiger partial charge in [0.25, 0.3) is 0 Å². The van der Waals surface area contributed by atoms with Crippen molar-refractivity contribution < 1.29 is 13.5 Å². The van der Waals surface area contributed by atoms with E-state index >= 15 is 0 Å². The molecule has 0 aliphatic carbocycles. The van der Waals surface area contributed by atoms with Gasteiger partial charge in [0.05, 0.1) is 18.1 Å². The van der Waals surface area contributed by atoms with Gasteiger partial charge in [0, 0.05) is 12.1 Å². The number of aliphatic hydroxyl groups is 1. The lowest BCUT2D eigenvalue weighted by atomic mass is 10.1. The third-order valence-corrected chi connectivity index (χ3v) is 5.02. The smallest absolute Gasteiger partial charge is 0.151 e. The van der Waals surface area contributed by atoms with Crippen LogP contribution >= 0.6 is 0 Å². The topological polar surface area (TPSA) is 66.4 Å². The van der Waals surface area contributed by atoms with Gasteiger partial charge in [-0.3, -0.25) is 0 Å². The van der Waals surface area contributed by atoms with Crippen LogP contribution in [0.3, 0.4) is 0 Å². The molecule has 2 atom stereocenters. The molecule has 2 N–H and O–H groups in total. The predicted octanol–water partition coefficient (Wildman–Crippen LogP) is 0.367. The highest BCUT2D eigenvalue weighted by atomic mass is 32.2. The van der Waals surface area contributed by atoms with Crippen LogP contribution in [-0.4, -0.2) is 43.7 Å². The van der Waals surface area contributed by atoms with Crippen LogP contribution in [0.15, 0.2) is 30.3 Å². The lowest BCUT2D eigenvalue weighted by molar-refractivity contribution is 0.233. The summed E-state index contributed by atoms with van der Waals surface area (Å²) in [6.07, 6.45) is 1.36. The van der Waals surface area contributed by atoms with Crippen molar-refractivity contribution in [1.82, 2.24) is 5.32 Å². The van der Waals surface area contributed by atoms with E-state index in [9.17, 15) is 13.5 Å². The normalized spacial score (nSPS) is 23.9. The van der Waals surface area contributed by atoms with E-state index in [2.05, 4.69) is 5.32 Å². The van der Waals surface area contributed by atoms with Crippen molar-refractivity contribution in [3.05, 3.63) is 35.9 Å². The van der Waals surface area contributed by atoms with Gasteiger partial charge in [-0.25, -0.2) is 8.42 Å². The lowest BCUT2D eigenvalue weighted by Crippen LogP contribution is -2.42. The number of aliphatic hydroxyl groups excluding tert-OH is 1. The molecule has 0 aromatic heterocycles. The quantitative estimate of drug-likeness (QED) is 0.810. The maximum Gasteiger partial charge on any atom is 0.151 e. The maximum atomic E-state index is 11.4. The van der Waals surface area contributed by atoms with Gasteiger partial charge in [-0.15, -0.1) is 0 Å². The van der Waals surface area contributed by atoms with E-state index in [0.29, 0.717) is 12.8 Å². The molecule has 1 aromatic carbocycles. The summed E-state index contributed by atoms with van der Waals surface area (Å²) >= 11 is 0. The molecule has 1 fully saturated rings. The first kappa shape index (κ1) is 13.5. The molecule has 0 bridgehead atoms. The van der Waals surface area contributed by atoms with Crippen molar-refractivity contribution in [3.8, 4) is 0 Å². The predicted molar refractivity (Wildman–Crippen MR) is 71.2 cm³/mol. The summed E-state index contributed by atoms with van der Waals surface area (Å²) in [6, 6.07) is 9.80. The Hall–Kier alpha value is -0.910. The zero-order valence-electron chi connectivity index (χ0n) is 10.2. The second-order valence-corrected chi connectivity index (χ2v) is 7.06. The standard InChI is InChI=1S/C13H19NO3S/c15-9-13(8-11-4-2-1-3-5-11)14-12-6-7-18(16,17)10-12/h1-5,12-15H,6-10H2/t12?,13-/m0/s1. The monoisotopic (exact) mass is 269 g/mol. The van der Waals surface area contributed by atoms with E-state index in [1.165, 1.54) is 0 Å². The summed E-state index contributed by atoms with van der Waals surface area (Å²) in [6.45, 7) is 0.0193. The first-order valence-electron chi connectivity index (χ1n) is 6.20. The average molecular weight is 269 g/mol. The summed E-state index contributed by atoms with van der Waals surface area (Å²) in [5.41, 5.74) is 1.14. The highest BCUT2D eigenvalue weighted by Crippen LogP contribution is 2.13. The van der Waals surface area contributed by atoms with E-state index in [1.54, 1.807) is 0 Å². The van der Waals surface area contributed by atoms with Crippen LogP contribution < -0.4 is 5.32 Å². The Kier molecular flexibility index (Phi) is 4.37. The van der Waals surface area contributed by atoms with Gasteiger partial charge < -0.3 is 10.4 Å². The second-order valence-electron chi connectivity index (χ2n) is 4.84. The molecular formula is C13H19NO3S. The molecule has 100 valence electrons. The molecule has 1 unspecified atom stereocenters. The molecule has 1 heterocycles. The van der Waals surface area contributed by atoms with Gasteiger partial charge in [0.2, 0.25) is 0 Å². The summed E-state index contributed by atoms with van der Waals surface area (Å²) in [4.78, 5) is 0. The fraction of sp³-hybridized carbons (Fsp3) is 0.538. The van der Waals surface area contributed by atoms with Crippen molar-refractivity contribution in [2.45, 2.75) is 24.9 Å². The van der Waals surface area contributed by atoms with Crippen molar-refractivity contribution in [2.75, 3.05) is 18.1 Å². The maximum absolute atomic E-state index is 11.4. The largest absolute Gasteiger partial charge is 0.395 e. The van der Waals surface area contributed by atoms with Gasteiger partial charge in [0.15, 0.2) is 9.84 Å². The zero-order chi connectivity index (χ0) is 13.0. The third-order valence-electron chi connectivity index (χ3n) is 3.25. The summed E-state index contributed by atoms with van der Waals surface area (Å²) in [7, 11) is -2.87. The van der Waals surface area contributed by atoms with Crippen LogP contribution in [-0.2, 0) is 16.3 Å². The Morgan fingerprint density at radius 1 is 1.33 bits per heavy atom. The van der Waals surface area contributed by atoms with Crippen LogP contribution in [0.25, 0.3) is 0 Å². The third kappa shape index (κ3) is 3.80. The Morgan fingerprint density at radius 2 is 2.06 bits per heavy atom. The van der Waals surface area contributed by atoms with Gasteiger partial charge in [0.1, 0.15) is 0 Å². The minimum Gasteiger partial charge on any atom is -0.395 e. The molecule has 1 aliphatic heterocycles. The fourth-order valence-electron chi connectivity index (χ4n) is 2.33. The van der Waals surface area contributed by atoms with Crippen LogP contribution in [0.1, 0.15) is 12.0 Å². The highest BCUT2D eigenvalue weighted by molar-refractivity contribution is 7.91. The molecule has 4 nitrogen and oxygen atoms in total. The van der Waals surface area contributed by atoms with Crippen molar-refractivity contribution >= 4 is 9.84 Å². The molecule has 1 saturated heterocycles. The van der Waals surface area contributed by atoms with Crippen LogP contribution in [0.5, 0.6) is 0 Å². The first-order chi connectivity index (χ1) is 8.59. The molecule has 18 heavy (non-hydrogen) atoms. The fourth-order valence-corrected chi connectivity index (χ4v) is 4.02. The molecule has 2 rings (SSSR count). The van der Waals surface area contributed by atoms with E-state index in [-0.39, 0.29) is 30.2 Å². The molecular weight excluding hydrogens is 250 g/mol. The molecule has 0 radical (unpaired) electrons. The minimum absolute atomic E-state index is 0.0177. The van der Waals surface area contributed by atoms with Crippen LogP contribution in [0.4, 0.5) is 0 Å². The number of hydrogen-bond donors (Lipinski definition) is 2. The van der Waals surface area contributed by atoms with Crippen LogP contribution in [0.2, 0.25) is 0 Å². The molecule has 5 heteroatoms. The van der Waals surface area contributed by atoms with E-state index in [1.807, 2.05) is 30.3 Å². The van der Waals surface area contributed by atoms with E-state index < -0.39 is 9.84 Å². The molecule has 1 aromatic rings. The van der Waals surface area contributed by atoms with Gasteiger partial charge in [-0.05, 0) is 18.4 Å². The Balaban J connectivity index is 1.90. The Bertz CT molecular complexity index is 472. The average Bonchev–Trinajstić information content (AvgIpc) is 2.69. The minimum atomic E-state index is -2.87. The van der Waals surface area contributed by atoms with Crippen molar-refractivity contribution in [1.29, 1.82) is 0 Å². The number of nitrogens with one attached hydrogen (secondary N) is 1. The number of rotatable bonds is 5. The number of benzene rings is 1. The molecule has 0 amide bonds. The highest BCUT2D eigenvalue weighted by Gasteiger charge is 2.29. The Morgan fingerprint density at radius 3 is 2.61 bits per heavy atom. The summed E-state index contributed by atoms with van der Waals surface area (Å²) in [5, 5.41) is 12.6.